The Morgan fingerprint density at radius 2 is 0.247 bits per heavy atom. The third-order valence-corrected chi connectivity index (χ3v) is 15.7. The maximum absolute atomic E-state index is 9.96. The number of hydrogen-bond acceptors (Lipinski definition) is 30. The van der Waals surface area contributed by atoms with E-state index in [2.05, 4.69) is 0 Å². The van der Waals surface area contributed by atoms with Crippen molar-refractivity contribution in [2.24, 2.45) is 0 Å². The first-order chi connectivity index (χ1) is 38.0. The molecule has 0 radical (unpaired) electrons. The van der Waals surface area contributed by atoms with Gasteiger partial charge in [-0.1, -0.05) is 60.7 Å². The zero-order valence-corrected chi connectivity index (χ0v) is 62.3. The molecule has 0 aliphatic carbocycles. The van der Waals surface area contributed by atoms with E-state index < -0.39 is 59.7 Å². The maximum atomic E-state index is 9.96. The molecule has 10 rings (SSSR count). The Morgan fingerprint density at radius 1 is 0.176 bits per heavy atom. The minimum absolute atomic E-state index is 0. The van der Waals surface area contributed by atoms with Crippen LogP contribution in [-0.2, 0) is 0 Å². The van der Waals surface area contributed by atoms with E-state index in [1.165, 1.54) is 174 Å². The van der Waals surface area contributed by atoms with E-state index in [-0.39, 0.29) is 237 Å². The molecule has 10 aromatic rings. The summed E-state index contributed by atoms with van der Waals surface area (Å²) < 4.78 is 0. The summed E-state index contributed by atoms with van der Waals surface area (Å²) in [6, 6.07) is 31.9. The van der Waals surface area contributed by atoms with Gasteiger partial charge in [-0.25, -0.2) is 0 Å². The van der Waals surface area contributed by atoms with Gasteiger partial charge in [-0.2, -0.15) is 0 Å². The Labute approximate surface area is 672 Å². The van der Waals surface area contributed by atoms with Crippen LogP contribution in [0.1, 0.15) is 96.7 Å². The molecule has 420 valence electrons. The Hall–Kier alpha value is -2.00. The molecule has 0 saturated carbocycles. The average Bonchev–Trinajstić information content (AvgIpc) is 4.28. The number of carboxylic acids is 10. The number of rotatable bonds is 10. The molecule has 0 atom stereocenters. The van der Waals surface area contributed by atoms with Crippen LogP contribution in [0.5, 0.6) is 0 Å². The van der Waals surface area contributed by atoms with Crippen LogP contribution in [0, 0.1) is 0 Å². The minimum Gasteiger partial charge on any atom is -0.544 e. The van der Waals surface area contributed by atoms with Gasteiger partial charge in [-0.3, -0.25) is 0 Å². The SMILES string of the molecule is O=C([O-])c1cccs1.O=C([O-])c1cccs1.O=C([O-])c1cccs1.O=C([O-])c1cccs1.O=C([O-])c1cccs1.O=C([O-])c1cccs1.O=C([O-])c1cccs1.O=C([O-])c1cccs1.O=C([O-])c1cccs1.O=C([O-])c1cccs1.[Ca+2].[Ca+2].[Ca+2].[Ca+2].[Ca+2]. The summed E-state index contributed by atoms with van der Waals surface area (Å²) in [4.78, 5) is 102. The first-order valence-corrected chi connectivity index (χ1v) is 29.3. The summed E-state index contributed by atoms with van der Waals surface area (Å²) in [5.74, 6) is -11.0. The number of carboxylic acid groups (broad SMARTS) is 10. The van der Waals surface area contributed by atoms with Gasteiger partial charge in [0.05, 0.1) is 59.7 Å². The van der Waals surface area contributed by atoms with E-state index in [0.717, 1.165) is 0 Å². The van der Waals surface area contributed by atoms with Gasteiger partial charge in [0.2, 0.25) is 0 Å². The smallest absolute Gasteiger partial charge is 0.544 e. The van der Waals surface area contributed by atoms with E-state index >= 15 is 0 Å². The third kappa shape index (κ3) is 45.0. The monoisotopic (exact) mass is 1470 g/mol. The quantitative estimate of drug-likeness (QED) is 0.151. The summed E-state index contributed by atoms with van der Waals surface area (Å²) in [5.41, 5.74) is 0. The van der Waals surface area contributed by atoms with Crippen molar-refractivity contribution in [2.45, 2.75) is 0 Å². The van der Waals surface area contributed by atoms with Crippen LogP contribution in [-0.4, -0.2) is 248 Å². The van der Waals surface area contributed by atoms with Crippen molar-refractivity contribution in [2.75, 3.05) is 0 Å². The van der Waals surface area contributed by atoms with Crippen molar-refractivity contribution in [3.63, 3.8) is 0 Å². The van der Waals surface area contributed by atoms with Crippen LogP contribution in [0.3, 0.4) is 0 Å². The van der Waals surface area contributed by atoms with Crippen molar-refractivity contribution >= 4 is 362 Å². The van der Waals surface area contributed by atoms with Crippen LogP contribution < -0.4 is 51.1 Å². The van der Waals surface area contributed by atoms with Gasteiger partial charge in [0.1, 0.15) is 0 Å². The molecule has 0 aliphatic heterocycles. The van der Waals surface area contributed by atoms with Gasteiger partial charge in [0.25, 0.3) is 0 Å². The predicted molar refractivity (Wildman–Crippen MR) is 315 cm³/mol. The molecule has 0 amide bonds. The molecule has 0 aromatic carbocycles. The van der Waals surface area contributed by atoms with E-state index in [1.807, 2.05) is 0 Å². The normalized spacial score (nSPS) is 8.47. The van der Waals surface area contributed by atoms with Gasteiger partial charge in [-0.05, 0) is 114 Å². The number of aromatic carboxylic acids is 10. The summed E-state index contributed by atoms with van der Waals surface area (Å²) in [6.45, 7) is 0. The molecule has 0 saturated heterocycles. The number of carbonyl (C=O) groups is 10. The molecule has 0 unspecified atom stereocenters. The summed E-state index contributed by atoms with van der Waals surface area (Å²) in [5, 5.41) is 117. The van der Waals surface area contributed by atoms with Gasteiger partial charge in [-0.15, -0.1) is 113 Å². The molecule has 35 heteroatoms. The van der Waals surface area contributed by atoms with Crippen LogP contribution in [0.15, 0.2) is 175 Å². The van der Waals surface area contributed by atoms with E-state index in [9.17, 15) is 99.0 Å². The van der Waals surface area contributed by atoms with Crippen LogP contribution in [0.4, 0.5) is 0 Å². The second-order valence-electron chi connectivity index (χ2n) is 12.6. The topological polar surface area (TPSA) is 401 Å². The Kier molecular flexibility index (Phi) is 60.5. The van der Waals surface area contributed by atoms with Crippen LogP contribution >= 0.6 is 113 Å². The zero-order chi connectivity index (χ0) is 59.8. The van der Waals surface area contributed by atoms with E-state index in [4.69, 9.17) is 0 Å². The number of carbonyl (C=O) groups excluding carboxylic acids is 10. The van der Waals surface area contributed by atoms with E-state index in [0.29, 0.717) is 0 Å². The van der Waals surface area contributed by atoms with Crippen LogP contribution in [0.25, 0.3) is 0 Å². The fourth-order valence-electron chi connectivity index (χ4n) is 3.95. The summed E-state index contributed by atoms with van der Waals surface area (Å²) >= 11 is 11.7. The van der Waals surface area contributed by atoms with Crippen LogP contribution in [0.2, 0.25) is 0 Å². The molecule has 0 N–H and O–H groups in total. The standard InChI is InChI=1S/10C5H4O2S.5Ca/c10*6-5(7)4-2-1-3-8-4;;;;;/h10*1-3H,(H,6,7);;;;;/q;;;;;;;;;;5*+2/p-10. The molecular formula is C50H30Ca5O20S10. The molecule has 0 spiro atoms. The van der Waals surface area contributed by atoms with Gasteiger partial charge in [0, 0.05) is 48.8 Å². The van der Waals surface area contributed by atoms with Crippen molar-refractivity contribution in [3.8, 4) is 0 Å². The van der Waals surface area contributed by atoms with Gasteiger partial charge in [0.15, 0.2) is 0 Å². The third-order valence-electron chi connectivity index (χ3n) is 7.22. The first-order valence-electron chi connectivity index (χ1n) is 20.5. The Bertz CT molecular complexity index is 2550. The van der Waals surface area contributed by atoms with Gasteiger partial charge < -0.3 is 99.0 Å². The molecule has 20 nitrogen and oxygen atoms in total. The fraction of sp³-hybridized carbons (Fsp3) is 0. The van der Waals surface area contributed by atoms with Crippen molar-refractivity contribution < 1.29 is 99.0 Å². The molecule has 85 heavy (non-hydrogen) atoms. The number of hydrogen-bond donors (Lipinski definition) is 0. The Morgan fingerprint density at radius 3 is 0.271 bits per heavy atom. The van der Waals surface area contributed by atoms with Crippen molar-refractivity contribution in [1.82, 2.24) is 0 Å². The van der Waals surface area contributed by atoms with E-state index in [1.54, 1.807) is 114 Å². The van der Waals surface area contributed by atoms with Gasteiger partial charge >= 0.3 is 189 Å². The summed E-state index contributed by atoms with van der Waals surface area (Å²) in [6.07, 6.45) is 0. The fourth-order valence-corrected chi connectivity index (χ4v) is 9.52. The molecular weight excluding hydrogens is 1440 g/mol. The molecule has 10 aromatic heterocycles. The molecule has 0 bridgehead atoms. The molecule has 0 fully saturated rings. The largest absolute Gasteiger partial charge is 2.00 e. The second kappa shape index (κ2) is 56.0. The second-order valence-corrected chi connectivity index (χ2v) is 22.1. The Balaban J connectivity index is -0.000000277. The predicted octanol–water partition coefficient (Wildman–Crippen LogP) is -0.788. The molecule has 10 heterocycles. The van der Waals surface area contributed by atoms with Crippen molar-refractivity contribution in [3.05, 3.63) is 224 Å². The van der Waals surface area contributed by atoms with Crippen molar-refractivity contribution in [1.29, 1.82) is 0 Å². The first kappa shape index (κ1) is 91.7. The number of thiophene rings is 10. The average molecular weight is 1470 g/mol. The maximum Gasteiger partial charge on any atom is 2.00 e. The zero-order valence-electron chi connectivity index (χ0n) is 43.1. The molecule has 0 aliphatic rings. The summed E-state index contributed by atoms with van der Waals surface area (Å²) in [7, 11) is 0. The minimum atomic E-state index is -1.10.